The van der Waals surface area contributed by atoms with Gasteiger partial charge in [0, 0.05) is 25.3 Å². The maximum atomic E-state index is 12.8. The molecule has 122 valence electrons. The lowest BCUT2D eigenvalue weighted by Crippen LogP contribution is -2.33. The molecular weight excluding hydrogens is 315 g/mol. The van der Waals surface area contributed by atoms with Crippen molar-refractivity contribution in [2.24, 2.45) is 5.10 Å². The molecule has 2 N–H and O–H groups in total. The van der Waals surface area contributed by atoms with E-state index in [9.17, 15) is 13.2 Å². The summed E-state index contributed by atoms with van der Waals surface area (Å²) in [7, 11) is 0. The van der Waals surface area contributed by atoms with Crippen LogP contribution < -0.4 is 10.7 Å². The number of halogens is 3. The van der Waals surface area contributed by atoms with Crippen LogP contribution >= 0.6 is 12.2 Å². The van der Waals surface area contributed by atoms with E-state index in [4.69, 9.17) is 17.0 Å². The number of rotatable bonds is 7. The smallest absolute Gasteiger partial charge is 0.382 e. The molecule has 1 rings (SSSR count). The summed E-state index contributed by atoms with van der Waals surface area (Å²) in [6.45, 7) is 3.79. The van der Waals surface area contributed by atoms with E-state index in [2.05, 4.69) is 15.8 Å². The largest absolute Gasteiger partial charge is 0.417 e. The maximum Gasteiger partial charge on any atom is 0.417 e. The highest BCUT2D eigenvalue weighted by Crippen LogP contribution is 2.30. The SMILES string of the molecule is CCOCCCNC(=S)N/N=C\c1ccccc1C(F)(F)F. The van der Waals surface area contributed by atoms with E-state index in [1.54, 1.807) is 0 Å². The molecule has 1 aromatic rings. The Labute approximate surface area is 132 Å². The molecule has 22 heavy (non-hydrogen) atoms. The Bertz CT molecular complexity index is 506. The molecular formula is C14H18F3N3OS. The molecule has 0 heterocycles. The number of nitrogens with zero attached hydrogens (tertiary/aromatic N) is 1. The van der Waals surface area contributed by atoms with Gasteiger partial charge in [-0.1, -0.05) is 18.2 Å². The standard InChI is InChI=1S/C14H18F3N3OS/c1-2-21-9-5-8-18-13(22)20-19-10-11-6-3-4-7-12(11)14(15,16)17/h3-4,6-7,10H,2,5,8-9H2,1H3,(H2,18,20,22)/b19-10-. The second-order valence-corrected chi connectivity index (χ2v) is 4.67. The van der Waals surface area contributed by atoms with Gasteiger partial charge in [0.25, 0.3) is 0 Å². The number of benzene rings is 1. The van der Waals surface area contributed by atoms with Crippen LogP contribution in [0.25, 0.3) is 0 Å². The van der Waals surface area contributed by atoms with Gasteiger partial charge in [0.15, 0.2) is 5.11 Å². The third kappa shape index (κ3) is 6.86. The van der Waals surface area contributed by atoms with Crippen LogP contribution in [-0.2, 0) is 10.9 Å². The Morgan fingerprint density at radius 1 is 1.36 bits per heavy atom. The van der Waals surface area contributed by atoms with E-state index in [1.807, 2.05) is 6.92 Å². The van der Waals surface area contributed by atoms with Crippen molar-refractivity contribution in [2.45, 2.75) is 19.5 Å². The van der Waals surface area contributed by atoms with E-state index in [0.29, 0.717) is 19.8 Å². The first-order valence-electron chi connectivity index (χ1n) is 6.76. The van der Waals surface area contributed by atoms with E-state index < -0.39 is 11.7 Å². The lowest BCUT2D eigenvalue weighted by atomic mass is 10.1. The lowest BCUT2D eigenvalue weighted by Gasteiger charge is -2.09. The van der Waals surface area contributed by atoms with E-state index >= 15 is 0 Å². The van der Waals surface area contributed by atoms with Crippen molar-refractivity contribution in [1.82, 2.24) is 10.7 Å². The molecule has 4 nitrogen and oxygen atoms in total. The van der Waals surface area contributed by atoms with Crippen molar-refractivity contribution in [3.05, 3.63) is 35.4 Å². The average Bonchev–Trinajstić information content (AvgIpc) is 2.46. The highest BCUT2D eigenvalue weighted by molar-refractivity contribution is 7.80. The quantitative estimate of drug-likeness (QED) is 0.349. The first-order chi connectivity index (χ1) is 10.4. The molecule has 0 unspecified atom stereocenters. The highest BCUT2D eigenvalue weighted by Gasteiger charge is 2.32. The van der Waals surface area contributed by atoms with Gasteiger partial charge in [-0.05, 0) is 31.6 Å². The maximum absolute atomic E-state index is 12.8. The summed E-state index contributed by atoms with van der Waals surface area (Å²) in [6.07, 6.45) is -2.55. The molecule has 0 atom stereocenters. The lowest BCUT2D eigenvalue weighted by molar-refractivity contribution is -0.137. The molecule has 0 spiro atoms. The minimum absolute atomic E-state index is 0.0263. The fraction of sp³-hybridized carbons (Fsp3) is 0.429. The zero-order chi connectivity index (χ0) is 16.4. The molecule has 8 heteroatoms. The third-order valence-corrected chi connectivity index (χ3v) is 2.83. The van der Waals surface area contributed by atoms with Gasteiger partial charge in [0.1, 0.15) is 0 Å². The number of hydrogen-bond acceptors (Lipinski definition) is 3. The highest BCUT2D eigenvalue weighted by atomic mass is 32.1. The van der Waals surface area contributed by atoms with Gasteiger partial charge in [-0.15, -0.1) is 0 Å². The van der Waals surface area contributed by atoms with Crippen LogP contribution in [0.3, 0.4) is 0 Å². The van der Waals surface area contributed by atoms with Crippen molar-refractivity contribution in [2.75, 3.05) is 19.8 Å². The van der Waals surface area contributed by atoms with Crippen LogP contribution in [0, 0.1) is 0 Å². The molecule has 0 saturated heterocycles. The topological polar surface area (TPSA) is 45.6 Å². The predicted octanol–water partition coefficient (Wildman–Crippen LogP) is 2.93. The molecule has 0 saturated carbocycles. The van der Waals surface area contributed by atoms with Crippen molar-refractivity contribution in [1.29, 1.82) is 0 Å². The van der Waals surface area contributed by atoms with Gasteiger partial charge in [-0.25, -0.2) is 0 Å². The fourth-order valence-electron chi connectivity index (χ4n) is 1.59. The number of nitrogens with one attached hydrogen (secondary N) is 2. The summed E-state index contributed by atoms with van der Waals surface area (Å²) >= 11 is 4.95. The van der Waals surface area contributed by atoms with Crippen LogP contribution in [0.4, 0.5) is 13.2 Å². The third-order valence-electron chi connectivity index (χ3n) is 2.59. The van der Waals surface area contributed by atoms with Crippen molar-refractivity contribution >= 4 is 23.5 Å². The minimum atomic E-state index is -4.42. The molecule has 0 bridgehead atoms. The predicted molar refractivity (Wildman–Crippen MR) is 83.9 cm³/mol. The number of hydrogen-bond donors (Lipinski definition) is 2. The summed E-state index contributed by atoms with van der Waals surface area (Å²) in [5.41, 5.74) is 1.72. The Hall–Kier alpha value is -1.67. The first-order valence-corrected chi connectivity index (χ1v) is 7.17. The van der Waals surface area contributed by atoms with Gasteiger partial charge >= 0.3 is 6.18 Å². The summed E-state index contributed by atoms with van der Waals surface area (Å²) in [5, 5.41) is 6.85. The molecule has 0 aliphatic heterocycles. The summed E-state index contributed by atoms with van der Waals surface area (Å²) < 4.78 is 43.5. The van der Waals surface area contributed by atoms with Crippen LogP contribution in [0.2, 0.25) is 0 Å². The zero-order valence-electron chi connectivity index (χ0n) is 12.1. The second kappa shape index (κ2) is 9.37. The Balaban J connectivity index is 2.44. The Kier molecular flexibility index (Phi) is 7.83. The van der Waals surface area contributed by atoms with Crippen LogP contribution in [0.1, 0.15) is 24.5 Å². The normalized spacial score (nSPS) is 11.6. The van der Waals surface area contributed by atoms with Gasteiger partial charge in [-0.2, -0.15) is 18.3 Å². The van der Waals surface area contributed by atoms with E-state index in [0.717, 1.165) is 18.7 Å². The molecule has 0 aliphatic carbocycles. The van der Waals surface area contributed by atoms with Crippen molar-refractivity contribution in [3.63, 3.8) is 0 Å². The van der Waals surface area contributed by atoms with E-state index in [-0.39, 0.29) is 10.7 Å². The van der Waals surface area contributed by atoms with Gasteiger partial charge in [-0.3, -0.25) is 5.43 Å². The van der Waals surface area contributed by atoms with Crippen LogP contribution in [-0.4, -0.2) is 31.1 Å². The van der Waals surface area contributed by atoms with Crippen LogP contribution in [0.15, 0.2) is 29.4 Å². The van der Waals surface area contributed by atoms with E-state index in [1.165, 1.54) is 18.2 Å². The van der Waals surface area contributed by atoms with Crippen LogP contribution in [0.5, 0.6) is 0 Å². The second-order valence-electron chi connectivity index (χ2n) is 4.26. The van der Waals surface area contributed by atoms with Gasteiger partial charge < -0.3 is 10.1 Å². The summed E-state index contributed by atoms with van der Waals surface area (Å²) in [6, 6.07) is 5.19. The molecule has 0 aliphatic rings. The zero-order valence-corrected chi connectivity index (χ0v) is 12.9. The first kappa shape index (κ1) is 18.4. The minimum Gasteiger partial charge on any atom is -0.382 e. The van der Waals surface area contributed by atoms with Crippen molar-refractivity contribution in [3.8, 4) is 0 Å². The van der Waals surface area contributed by atoms with Crippen molar-refractivity contribution < 1.29 is 17.9 Å². The number of thiocarbonyl (C=S) groups is 1. The fourth-order valence-corrected chi connectivity index (χ4v) is 1.74. The number of alkyl halides is 3. The van der Waals surface area contributed by atoms with Gasteiger partial charge in [0.2, 0.25) is 0 Å². The number of ether oxygens (including phenoxy) is 1. The molecule has 0 fully saturated rings. The molecule has 0 amide bonds. The molecule has 1 aromatic carbocycles. The Morgan fingerprint density at radius 2 is 2.09 bits per heavy atom. The van der Waals surface area contributed by atoms with Gasteiger partial charge in [0.05, 0.1) is 11.8 Å². The monoisotopic (exact) mass is 333 g/mol. The Morgan fingerprint density at radius 3 is 2.77 bits per heavy atom. The summed E-state index contributed by atoms with van der Waals surface area (Å²) in [5.74, 6) is 0. The number of hydrazone groups is 1. The summed E-state index contributed by atoms with van der Waals surface area (Å²) in [4.78, 5) is 0. The molecule has 0 aromatic heterocycles. The average molecular weight is 333 g/mol. The molecule has 0 radical (unpaired) electrons.